The van der Waals surface area contributed by atoms with Gasteiger partial charge in [-0.3, -0.25) is 0 Å². The van der Waals surface area contributed by atoms with Gasteiger partial charge in [0, 0.05) is 17.8 Å². The lowest BCUT2D eigenvalue weighted by atomic mass is 10.1. The second-order valence-corrected chi connectivity index (χ2v) is 6.24. The van der Waals surface area contributed by atoms with Crippen LogP contribution in [0.15, 0.2) is 29.6 Å². The van der Waals surface area contributed by atoms with Crippen molar-refractivity contribution in [2.45, 2.75) is 6.42 Å². The van der Waals surface area contributed by atoms with E-state index < -0.39 is 11.9 Å². The van der Waals surface area contributed by atoms with E-state index in [1.165, 1.54) is 15.6 Å². The number of fused-ring (bicyclic) bond motifs is 1. The standard InChI is InChI=1S/C15H21NO2S.C2H2O4/c1-16(6-8-17)7-10-18-9-4-13-2-3-15-14(12-13)5-11-19-15;3-1(4)2(5)6/h2-3,5,11-12,17H,4,6-10H2,1H3;(H,3,4)(H,5,6). The first kappa shape index (κ1) is 21.0. The molecule has 1 aromatic carbocycles. The fourth-order valence-corrected chi connectivity index (χ4v) is 2.74. The molecule has 1 aromatic heterocycles. The number of thiophene rings is 1. The first-order valence-electron chi connectivity index (χ1n) is 7.73. The van der Waals surface area contributed by atoms with Gasteiger partial charge in [-0.15, -0.1) is 11.3 Å². The highest BCUT2D eigenvalue weighted by Gasteiger charge is 2.04. The summed E-state index contributed by atoms with van der Waals surface area (Å²) in [6, 6.07) is 8.77. The molecule has 25 heavy (non-hydrogen) atoms. The molecular weight excluding hydrogens is 346 g/mol. The van der Waals surface area contributed by atoms with Crippen LogP contribution in [0.2, 0.25) is 0 Å². The summed E-state index contributed by atoms with van der Waals surface area (Å²) in [6.45, 7) is 3.25. The van der Waals surface area contributed by atoms with Crippen LogP contribution in [0, 0.1) is 0 Å². The van der Waals surface area contributed by atoms with Gasteiger partial charge in [-0.05, 0) is 41.9 Å². The predicted octanol–water partition coefficient (Wildman–Crippen LogP) is 1.54. The molecule has 2 aromatic rings. The van der Waals surface area contributed by atoms with Crippen LogP contribution in [-0.4, -0.2) is 72.1 Å². The summed E-state index contributed by atoms with van der Waals surface area (Å²) in [5, 5.41) is 27.0. The Morgan fingerprint density at radius 3 is 2.48 bits per heavy atom. The number of hydrogen-bond acceptors (Lipinski definition) is 6. The van der Waals surface area contributed by atoms with Crippen LogP contribution in [0.25, 0.3) is 10.1 Å². The van der Waals surface area contributed by atoms with E-state index in [1.54, 1.807) is 11.3 Å². The Bertz CT molecular complexity index is 660. The maximum atomic E-state index is 9.10. The van der Waals surface area contributed by atoms with Gasteiger partial charge in [-0.2, -0.15) is 0 Å². The van der Waals surface area contributed by atoms with Crippen molar-refractivity contribution in [2.24, 2.45) is 0 Å². The van der Waals surface area contributed by atoms with Crippen molar-refractivity contribution in [2.75, 3.05) is 40.0 Å². The summed E-state index contributed by atoms with van der Waals surface area (Å²) in [4.78, 5) is 20.3. The van der Waals surface area contributed by atoms with E-state index in [2.05, 4.69) is 34.5 Å². The number of likely N-dealkylation sites (N-methyl/N-ethyl adjacent to an activating group) is 1. The summed E-state index contributed by atoms with van der Waals surface area (Å²) in [6.07, 6.45) is 0.954. The molecule has 138 valence electrons. The highest BCUT2D eigenvalue weighted by Crippen LogP contribution is 2.21. The number of carboxylic acid groups (broad SMARTS) is 2. The van der Waals surface area contributed by atoms with E-state index >= 15 is 0 Å². The summed E-state index contributed by atoms with van der Waals surface area (Å²) in [5.74, 6) is -3.65. The summed E-state index contributed by atoms with van der Waals surface area (Å²) in [5.41, 5.74) is 1.33. The third-order valence-electron chi connectivity index (χ3n) is 3.33. The molecule has 0 spiro atoms. The van der Waals surface area contributed by atoms with Gasteiger partial charge < -0.3 is 25.0 Å². The van der Waals surface area contributed by atoms with Crippen molar-refractivity contribution in [1.29, 1.82) is 0 Å². The van der Waals surface area contributed by atoms with Gasteiger partial charge in [0.2, 0.25) is 0 Å². The Labute approximate surface area is 150 Å². The number of benzene rings is 1. The zero-order valence-corrected chi connectivity index (χ0v) is 14.9. The number of ether oxygens (including phenoxy) is 1. The van der Waals surface area contributed by atoms with E-state index in [0.29, 0.717) is 6.54 Å². The van der Waals surface area contributed by atoms with E-state index in [0.717, 1.165) is 26.2 Å². The van der Waals surface area contributed by atoms with Crippen LogP contribution < -0.4 is 0 Å². The van der Waals surface area contributed by atoms with Crippen molar-refractivity contribution in [3.8, 4) is 0 Å². The monoisotopic (exact) mass is 369 g/mol. The molecule has 3 N–H and O–H groups in total. The minimum atomic E-state index is -1.82. The fraction of sp³-hybridized carbons (Fsp3) is 0.412. The molecule has 1 heterocycles. The Morgan fingerprint density at radius 2 is 1.84 bits per heavy atom. The number of carbonyl (C=O) groups is 2. The lowest BCUT2D eigenvalue weighted by Gasteiger charge is -2.14. The quantitative estimate of drug-likeness (QED) is 0.478. The van der Waals surface area contributed by atoms with E-state index in [-0.39, 0.29) is 6.61 Å². The lowest BCUT2D eigenvalue weighted by molar-refractivity contribution is -0.159. The van der Waals surface area contributed by atoms with Crippen LogP contribution in [0.4, 0.5) is 0 Å². The minimum Gasteiger partial charge on any atom is -0.473 e. The Morgan fingerprint density at radius 1 is 1.12 bits per heavy atom. The lowest BCUT2D eigenvalue weighted by Crippen LogP contribution is -2.26. The molecule has 0 bridgehead atoms. The predicted molar refractivity (Wildman–Crippen MR) is 96.2 cm³/mol. The maximum absolute atomic E-state index is 9.10. The molecule has 0 saturated carbocycles. The third kappa shape index (κ3) is 8.59. The zero-order valence-electron chi connectivity index (χ0n) is 14.1. The fourth-order valence-electron chi connectivity index (χ4n) is 1.97. The average Bonchev–Trinajstić information content (AvgIpc) is 3.03. The molecule has 0 unspecified atom stereocenters. The van der Waals surface area contributed by atoms with E-state index in [4.69, 9.17) is 29.6 Å². The molecule has 2 rings (SSSR count). The number of aliphatic hydroxyl groups is 1. The number of rotatable bonds is 8. The highest BCUT2D eigenvalue weighted by atomic mass is 32.1. The van der Waals surface area contributed by atoms with Crippen molar-refractivity contribution in [3.63, 3.8) is 0 Å². The molecule has 8 heteroatoms. The Kier molecular flexibility index (Phi) is 9.71. The molecular formula is C17H23NO6S. The first-order valence-corrected chi connectivity index (χ1v) is 8.61. The third-order valence-corrected chi connectivity index (χ3v) is 4.23. The molecule has 0 amide bonds. The van der Waals surface area contributed by atoms with Gasteiger partial charge in [-0.25, -0.2) is 9.59 Å². The highest BCUT2D eigenvalue weighted by molar-refractivity contribution is 7.17. The summed E-state index contributed by atoms with van der Waals surface area (Å²) < 4.78 is 6.97. The van der Waals surface area contributed by atoms with E-state index in [1.807, 2.05) is 7.05 Å². The molecule has 0 fully saturated rings. The smallest absolute Gasteiger partial charge is 0.414 e. The van der Waals surface area contributed by atoms with Gasteiger partial charge in [0.1, 0.15) is 0 Å². The molecule has 0 aliphatic rings. The number of aliphatic carboxylic acids is 2. The first-order chi connectivity index (χ1) is 11.9. The minimum absolute atomic E-state index is 0.206. The number of nitrogens with zero attached hydrogens (tertiary/aromatic N) is 1. The maximum Gasteiger partial charge on any atom is 0.414 e. The van der Waals surface area contributed by atoms with Crippen LogP contribution in [-0.2, 0) is 20.7 Å². The van der Waals surface area contributed by atoms with Crippen LogP contribution in [0.1, 0.15) is 5.56 Å². The van der Waals surface area contributed by atoms with E-state index in [9.17, 15) is 0 Å². The Balaban J connectivity index is 0.000000450. The van der Waals surface area contributed by atoms with Gasteiger partial charge in [-0.1, -0.05) is 12.1 Å². The van der Waals surface area contributed by atoms with Crippen molar-refractivity contribution in [3.05, 3.63) is 35.2 Å². The molecule has 7 nitrogen and oxygen atoms in total. The zero-order chi connectivity index (χ0) is 18.7. The van der Waals surface area contributed by atoms with Gasteiger partial charge >= 0.3 is 11.9 Å². The average molecular weight is 369 g/mol. The molecule has 0 aliphatic heterocycles. The number of hydrogen-bond donors (Lipinski definition) is 3. The van der Waals surface area contributed by atoms with Crippen LogP contribution >= 0.6 is 11.3 Å². The molecule has 0 aliphatic carbocycles. The second kappa shape index (κ2) is 11.5. The molecule has 0 atom stereocenters. The molecule has 0 radical (unpaired) electrons. The van der Waals surface area contributed by atoms with Gasteiger partial charge in [0.15, 0.2) is 0 Å². The largest absolute Gasteiger partial charge is 0.473 e. The van der Waals surface area contributed by atoms with Gasteiger partial charge in [0.05, 0.1) is 19.8 Å². The van der Waals surface area contributed by atoms with Crippen molar-refractivity contribution >= 4 is 33.4 Å². The SMILES string of the molecule is CN(CCO)CCOCCc1ccc2sccc2c1.O=C(O)C(=O)O. The number of carboxylic acids is 2. The van der Waals surface area contributed by atoms with Crippen molar-refractivity contribution < 1.29 is 29.6 Å². The van der Waals surface area contributed by atoms with Gasteiger partial charge in [0.25, 0.3) is 0 Å². The second-order valence-electron chi connectivity index (χ2n) is 5.29. The normalized spacial score (nSPS) is 10.5. The number of aliphatic hydroxyl groups excluding tert-OH is 1. The molecule has 0 saturated heterocycles. The summed E-state index contributed by atoms with van der Waals surface area (Å²) >= 11 is 1.78. The van der Waals surface area contributed by atoms with Crippen LogP contribution in [0.3, 0.4) is 0 Å². The van der Waals surface area contributed by atoms with Crippen molar-refractivity contribution in [1.82, 2.24) is 4.90 Å². The van der Waals surface area contributed by atoms with Crippen LogP contribution in [0.5, 0.6) is 0 Å². The summed E-state index contributed by atoms with van der Waals surface area (Å²) in [7, 11) is 1.99. The Hall–Kier alpha value is -2.00. The topological polar surface area (TPSA) is 107 Å².